The van der Waals surface area contributed by atoms with Gasteiger partial charge in [-0.3, -0.25) is 0 Å². The van der Waals surface area contributed by atoms with Gasteiger partial charge < -0.3 is 14.4 Å². The summed E-state index contributed by atoms with van der Waals surface area (Å²) in [5.41, 5.74) is 19.1. The average Bonchev–Trinajstić information content (AvgIpc) is 3.75. The predicted molar refractivity (Wildman–Crippen MR) is 252 cm³/mol. The van der Waals surface area contributed by atoms with Crippen molar-refractivity contribution in [3.63, 3.8) is 0 Å². The van der Waals surface area contributed by atoms with Crippen LogP contribution < -0.4 is 26.2 Å². The van der Waals surface area contributed by atoms with Gasteiger partial charge in [0.1, 0.15) is 0 Å². The van der Waals surface area contributed by atoms with Crippen molar-refractivity contribution in [2.45, 2.75) is 59.3 Å². The molecule has 0 N–H and O–H groups in total. The molecule has 7 aromatic carbocycles. The van der Waals surface area contributed by atoms with Crippen LogP contribution >= 0.6 is 11.3 Å². The Morgan fingerprint density at radius 2 is 1.19 bits per heavy atom. The van der Waals surface area contributed by atoms with Gasteiger partial charge in [-0.1, -0.05) is 126 Å². The number of fused-ring (bicyclic) bond motifs is 9. The Labute approximate surface area is 345 Å². The zero-order chi connectivity index (χ0) is 39.7. The van der Waals surface area contributed by atoms with Gasteiger partial charge in [-0.25, -0.2) is 0 Å². The SMILES string of the molecule is Cc1cc2c3c(c1)-n1c4c(ccc(N(c5ccccc5)c5ccccc5)c4c4sc5ccccc5c41)B3c1ccc(C(C)(C)C)cc1N2c1cccc(C(C)(C)C)c1. The van der Waals surface area contributed by atoms with Crippen LogP contribution in [0.4, 0.5) is 34.1 Å². The number of thiophene rings is 1. The molecule has 9 aromatic rings. The van der Waals surface area contributed by atoms with Crippen LogP contribution in [-0.2, 0) is 10.8 Å². The lowest BCUT2D eigenvalue weighted by atomic mass is 9.33. The second-order valence-corrected chi connectivity index (χ2v) is 19.4. The highest BCUT2D eigenvalue weighted by molar-refractivity contribution is 7.27. The molecule has 5 heteroatoms. The van der Waals surface area contributed by atoms with E-state index in [-0.39, 0.29) is 17.5 Å². The molecule has 2 aliphatic rings. The van der Waals surface area contributed by atoms with Crippen LogP contribution in [0.3, 0.4) is 0 Å². The molecule has 0 saturated heterocycles. The van der Waals surface area contributed by atoms with E-state index in [1.165, 1.54) is 92.7 Å². The fourth-order valence-electron chi connectivity index (χ4n) is 9.71. The van der Waals surface area contributed by atoms with Crippen molar-refractivity contribution < 1.29 is 0 Å². The van der Waals surface area contributed by atoms with Crippen LogP contribution in [0.1, 0.15) is 58.2 Å². The number of hydrogen-bond acceptors (Lipinski definition) is 3. The quantitative estimate of drug-likeness (QED) is 0.165. The minimum Gasteiger partial charge on any atom is -0.311 e. The van der Waals surface area contributed by atoms with E-state index >= 15 is 0 Å². The molecule has 2 aliphatic heterocycles. The van der Waals surface area contributed by atoms with E-state index in [2.05, 4.69) is 214 Å². The molecule has 0 amide bonds. The Kier molecular flexibility index (Phi) is 7.56. The van der Waals surface area contributed by atoms with E-state index in [0.29, 0.717) is 0 Å². The third-order valence-electron chi connectivity index (χ3n) is 12.5. The van der Waals surface area contributed by atoms with Gasteiger partial charge in [0.25, 0.3) is 6.71 Å². The standard InChI is InChI=1S/C53H46BN3S/c1-33-29-44-48-45(30-33)57-49-39-23-14-15-24-46(39)58-51(49)47-42(55(36-18-10-8-11-19-36)37-20-12-9-13-21-37)28-27-41(50(47)57)54(48)40-26-25-35(53(5,6)7)32-43(40)56(44)38-22-16-17-34(31-38)52(2,3)4/h8-32H,1-7H3. The summed E-state index contributed by atoms with van der Waals surface area (Å²) in [6.45, 7) is 16.3. The van der Waals surface area contributed by atoms with Crippen molar-refractivity contribution in [2.75, 3.05) is 9.80 Å². The summed E-state index contributed by atoms with van der Waals surface area (Å²) < 4.78 is 5.29. The van der Waals surface area contributed by atoms with E-state index in [1.54, 1.807) is 0 Å². The van der Waals surface area contributed by atoms with Gasteiger partial charge in [0.2, 0.25) is 0 Å². The number of anilines is 6. The molecule has 0 saturated carbocycles. The number of benzene rings is 7. The normalized spacial score (nSPS) is 13.4. The average molecular weight is 768 g/mol. The largest absolute Gasteiger partial charge is 0.311 e. The number of nitrogens with zero attached hydrogens (tertiary/aromatic N) is 3. The summed E-state index contributed by atoms with van der Waals surface area (Å²) in [5, 5.41) is 2.61. The molecule has 0 radical (unpaired) electrons. The van der Waals surface area contributed by atoms with E-state index in [4.69, 9.17) is 0 Å². The first kappa shape index (κ1) is 35.2. The molecule has 0 atom stereocenters. The molecule has 282 valence electrons. The van der Waals surface area contributed by atoms with Gasteiger partial charge >= 0.3 is 0 Å². The zero-order valence-corrected chi connectivity index (χ0v) is 35.1. The van der Waals surface area contributed by atoms with E-state index < -0.39 is 0 Å². The van der Waals surface area contributed by atoms with E-state index in [9.17, 15) is 0 Å². The molecule has 58 heavy (non-hydrogen) atoms. The molecule has 0 unspecified atom stereocenters. The van der Waals surface area contributed by atoms with Gasteiger partial charge in [0, 0.05) is 49.6 Å². The molecule has 0 bridgehead atoms. The molecule has 3 nitrogen and oxygen atoms in total. The van der Waals surface area contributed by atoms with Crippen LogP contribution in [0, 0.1) is 6.92 Å². The first-order valence-electron chi connectivity index (χ1n) is 20.6. The van der Waals surface area contributed by atoms with Crippen molar-refractivity contribution in [3.8, 4) is 5.69 Å². The molecule has 0 spiro atoms. The van der Waals surface area contributed by atoms with Crippen molar-refractivity contribution >= 4 is 99.8 Å². The number of aromatic nitrogens is 1. The number of aryl methyl sites for hydroxylation is 1. The van der Waals surface area contributed by atoms with Crippen LogP contribution in [0.25, 0.3) is 36.9 Å². The molecule has 2 aromatic heterocycles. The monoisotopic (exact) mass is 767 g/mol. The molecule has 11 rings (SSSR count). The van der Waals surface area contributed by atoms with Crippen LogP contribution in [-0.4, -0.2) is 11.3 Å². The smallest absolute Gasteiger partial charge is 0.252 e. The van der Waals surface area contributed by atoms with Gasteiger partial charge in [-0.15, -0.1) is 11.3 Å². The minimum absolute atomic E-state index is 0.00800. The first-order chi connectivity index (χ1) is 28.0. The Hall–Kier alpha value is -6.04. The summed E-state index contributed by atoms with van der Waals surface area (Å²) in [5.74, 6) is 0. The number of para-hydroxylation sites is 2. The van der Waals surface area contributed by atoms with E-state index in [0.717, 1.165) is 11.4 Å². The lowest BCUT2D eigenvalue weighted by Crippen LogP contribution is -2.60. The molecular weight excluding hydrogens is 721 g/mol. The number of hydrogen-bond donors (Lipinski definition) is 0. The highest BCUT2D eigenvalue weighted by Gasteiger charge is 2.44. The minimum atomic E-state index is -0.00800. The van der Waals surface area contributed by atoms with Crippen LogP contribution in [0.5, 0.6) is 0 Å². The fraction of sp³-hybridized carbons (Fsp3) is 0.170. The van der Waals surface area contributed by atoms with E-state index in [1.807, 2.05) is 11.3 Å². The lowest BCUT2D eigenvalue weighted by Gasteiger charge is -2.41. The Balaban J connectivity index is 1.30. The van der Waals surface area contributed by atoms with Crippen molar-refractivity contribution in [3.05, 3.63) is 168 Å². The Morgan fingerprint density at radius 1 is 0.552 bits per heavy atom. The van der Waals surface area contributed by atoms with Crippen molar-refractivity contribution in [2.24, 2.45) is 0 Å². The summed E-state index contributed by atoms with van der Waals surface area (Å²) in [6.07, 6.45) is 0. The highest BCUT2D eigenvalue weighted by atomic mass is 32.1. The maximum atomic E-state index is 2.65. The summed E-state index contributed by atoms with van der Waals surface area (Å²) in [6, 6.07) is 57.1. The lowest BCUT2D eigenvalue weighted by molar-refractivity contribution is 0.590. The second-order valence-electron chi connectivity index (χ2n) is 18.3. The van der Waals surface area contributed by atoms with Gasteiger partial charge in [-0.2, -0.15) is 0 Å². The maximum Gasteiger partial charge on any atom is 0.252 e. The zero-order valence-electron chi connectivity index (χ0n) is 34.3. The van der Waals surface area contributed by atoms with Crippen LogP contribution in [0.15, 0.2) is 152 Å². The number of rotatable bonds is 4. The topological polar surface area (TPSA) is 11.4 Å². The molecule has 0 aliphatic carbocycles. The summed E-state index contributed by atoms with van der Waals surface area (Å²) in [4.78, 5) is 5.04. The van der Waals surface area contributed by atoms with Gasteiger partial charge in [-0.05, 0) is 118 Å². The first-order valence-corrected chi connectivity index (χ1v) is 21.4. The van der Waals surface area contributed by atoms with Crippen molar-refractivity contribution in [1.82, 2.24) is 4.57 Å². The van der Waals surface area contributed by atoms with Crippen LogP contribution in [0.2, 0.25) is 0 Å². The molecule has 0 fully saturated rings. The molecular formula is C53H46BN3S. The maximum absolute atomic E-state index is 2.65. The summed E-state index contributed by atoms with van der Waals surface area (Å²) >= 11 is 1.93. The second kappa shape index (κ2) is 12.5. The third-order valence-corrected chi connectivity index (χ3v) is 13.7. The summed E-state index contributed by atoms with van der Waals surface area (Å²) in [7, 11) is 0. The van der Waals surface area contributed by atoms with Gasteiger partial charge in [0.05, 0.1) is 21.4 Å². The predicted octanol–water partition coefficient (Wildman–Crippen LogP) is 13.0. The third kappa shape index (κ3) is 5.12. The highest BCUT2D eigenvalue weighted by Crippen LogP contribution is 2.50. The van der Waals surface area contributed by atoms with Gasteiger partial charge in [0.15, 0.2) is 0 Å². The fourth-order valence-corrected chi connectivity index (χ4v) is 11.0. The Bertz CT molecular complexity index is 3070. The molecule has 4 heterocycles. The van der Waals surface area contributed by atoms with Crippen molar-refractivity contribution in [1.29, 1.82) is 0 Å². The Morgan fingerprint density at radius 3 is 1.90 bits per heavy atom.